The van der Waals surface area contributed by atoms with Crippen molar-refractivity contribution in [1.29, 1.82) is 0 Å². The quantitative estimate of drug-likeness (QED) is 0.501. The monoisotopic (exact) mass is 435 g/mol. The van der Waals surface area contributed by atoms with Crippen molar-refractivity contribution in [3.63, 3.8) is 0 Å². The predicted octanol–water partition coefficient (Wildman–Crippen LogP) is 0.906. The molecule has 4 rings (SSSR count). The lowest BCUT2D eigenvalue weighted by molar-refractivity contribution is -0.918. The van der Waals surface area contributed by atoms with E-state index in [-0.39, 0.29) is 11.6 Å². The van der Waals surface area contributed by atoms with E-state index in [1.807, 2.05) is 6.07 Å². The van der Waals surface area contributed by atoms with Gasteiger partial charge in [-0.1, -0.05) is 42.5 Å². The molecule has 3 aromatic rings. The molecule has 2 aromatic carbocycles. The molecule has 0 amide bonds. The molecule has 0 saturated carbocycles. The Bertz CT molecular complexity index is 1210. The summed E-state index contributed by atoms with van der Waals surface area (Å²) < 4.78 is 6.31. The second-order valence-corrected chi connectivity index (χ2v) is 7.93. The maximum atomic E-state index is 12.4. The number of methoxy groups -OCH3 is 1. The van der Waals surface area contributed by atoms with Gasteiger partial charge < -0.3 is 14.7 Å². The average Bonchev–Trinajstić information content (AvgIpc) is 2.81. The van der Waals surface area contributed by atoms with Gasteiger partial charge in [0.15, 0.2) is 0 Å². The van der Waals surface area contributed by atoms with Gasteiger partial charge in [-0.2, -0.15) is 0 Å². The molecule has 1 aliphatic heterocycles. The number of para-hydroxylation sites is 2. The molecule has 1 aromatic heterocycles. The minimum atomic E-state index is -0.744. The number of aromatic amines is 1. The van der Waals surface area contributed by atoms with Gasteiger partial charge in [0.1, 0.15) is 17.9 Å². The third kappa shape index (κ3) is 4.65. The van der Waals surface area contributed by atoms with Crippen molar-refractivity contribution in [2.75, 3.05) is 20.2 Å². The van der Waals surface area contributed by atoms with Gasteiger partial charge in [0, 0.05) is 24.6 Å². The number of rotatable bonds is 6. The maximum Gasteiger partial charge on any atom is 0.335 e. The first-order valence-corrected chi connectivity index (χ1v) is 10.7. The lowest BCUT2D eigenvalue weighted by Gasteiger charge is -2.27. The topological polar surface area (TPSA) is 101 Å². The summed E-state index contributed by atoms with van der Waals surface area (Å²) in [6, 6.07) is 17.3. The van der Waals surface area contributed by atoms with E-state index in [4.69, 9.17) is 4.74 Å². The Balaban J connectivity index is 1.51. The van der Waals surface area contributed by atoms with Crippen LogP contribution in [0.4, 0.5) is 0 Å². The first kappa shape index (κ1) is 21.6. The van der Waals surface area contributed by atoms with E-state index in [2.05, 4.69) is 34.2 Å². The molecule has 0 aliphatic carbocycles. The number of hydrogen-bond donors (Lipinski definition) is 3. The van der Waals surface area contributed by atoms with Gasteiger partial charge in [0.05, 0.1) is 31.9 Å². The average molecular weight is 436 g/mol. The van der Waals surface area contributed by atoms with Crippen molar-refractivity contribution in [3.8, 4) is 17.3 Å². The number of benzene rings is 2. The highest BCUT2D eigenvalue weighted by Crippen LogP contribution is 2.24. The summed E-state index contributed by atoms with van der Waals surface area (Å²) in [4.78, 5) is 33.1. The van der Waals surface area contributed by atoms with Crippen molar-refractivity contribution in [3.05, 3.63) is 86.6 Å². The summed E-state index contributed by atoms with van der Waals surface area (Å²) in [5.41, 5.74) is 0.191. The van der Waals surface area contributed by atoms with E-state index in [1.54, 1.807) is 24.3 Å². The number of nitrogens with zero attached hydrogens (tertiary/aromatic N) is 2. The normalized spacial score (nSPS) is 18.7. The summed E-state index contributed by atoms with van der Waals surface area (Å²) in [7, 11) is 1.47. The number of aliphatic imine (C=N–C) groups is 1. The lowest BCUT2D eigenvalue weighted by Crippen LogP contribution is -3.12. The summed E-state index contributed by atoms with van der Waals surface area (Å²) in [5.74, 6) is -0.0623. The van der Waals surface area contributed by atoms with Crippen molar-refractivity contribution in [2.24, 2.45) is 4.99 Å². The Hall–Kier alpha value is -3.65. The molecule has 1 saturated heterocycles. The number of hydrogen-bond acceptors (Lipinski definition) is 5. The number of quaternary nitrogens is 1. The van der Waals surface area contributed by atoms with Crippen LogP contribution in [0.5, 0.6) is 11.6 Å². The van der Waals surface area contributed by atoms with Crippen LogP contribution in [0, 0.1) is 0 Å². The summed E-state index contributed by atoms with van der Waals surface area (Å²) >= 11 is 0. The molecule has 32 heavy (non-hydrogen) atoms. The molecule has 1 aliphatic rings. The van der Waals surface area contributed by atoms with Crippen LogP contribution in [0.25, 0.3) is 5.69 Å². The molecule has 0 unspecified atom stereocenters. The molecule has 0 radical (unpaired) electrons. The summed E-state index contributed by atoms with van der Waals surface area (Å²) in [6.07, 6.45) is 3.17. The molecule has 8 nitrogen and oxygen atoms in total. The number of likely N-dealkylation sites (tertiary alicyclic amines) is 1. The van der Waals surface area contributed by atoms with E-state index in [9.17, 15) is 14.7 Å². The lowest BCUT2D eigenvalue weighted by atomic mass is 10.0. The Kier molecular flexibility index (Phi) is 6.51. The van der Waals surface area contributed by atoms with Gasteiger partial charge in [-0.25, -0.2) is 9.36 Å². The fourth-order valence-electron chi connectivity index (χ4n) is 4.09. The van der Waals surface area contributed by atoms with Gasteiger partial charge in [-0.05, 0) is 12.1 Å². The van der Waals surface area contributed by atoms with E-state index in [0.717, 1.165) is 37.0 Å². The number of aromatic hydroxyl groups is 1. The number of H-pyrrole nitrogens is 1. The molecule has 8 heteroatoms. The number of piperidine rings is 1. The fourth-order valence-corrected chi connectivity index (χ4v) is 4.09. The molecular weight excluding hydrogens is 408 g/mol. The van der Waals surface area contributed by atoms with E-state index >= 15 is 0 Å². The van der Waals surface area contributed by atoms with Crippen molar-refractivity contribution >= 4 is 6.21 Å². The van der Waals surface area contributed by atoms with Crippen LogP contribution in [-0.4, -0.2) is 47.1 Å². The molecule has 0 bridgehead atoms. The number of nitrogens with one attached hydrogen (secondary N) is 2. The van der Waals surface area contributed by atoms with Gasteiger partial charge >= 0.3 is 5.69 Å². The Morgan fingerprint density at radius 3 is 2.53 bits per heavy atom. The summed E-state index contributed by atoms with van der Waals surface area (Å²) in [6.45, 7) is 2.96. The molecule has 1 fully saturated rings. The first-order chi connectivity index (χ1) is 15.6. The van der Waals surface area contributed by atoms with Crippen LogP contribution in [0.2, 0.25) is 0 Å². The fraction of sp³-hybridized carbons (Fsp3) is 0.292. The number of ether oxygens (including phenoxy) is 1. The highest BCUT2D eigenvalue weighted by molar-refractivity contribution is 5.82. The molecule has 0 spiro atoms. The van der Waals surface area contributed by atoms with E-state index < -0.39 is 17.1 Å². The van der Waals surface area contributed by atoms with Crippen LogP contribution in [-0.2, 0) is 6.54 Å². The zero-order valence-corrected chi connectivity index (χ0v) is 18.0. The van der Waals surface area contributed by atoms with Crippen molar-refractivity contribution in [1.82, 2.24) is 9.55 Å². The minimum Gasteiger partial charge on any atom is -0.495 e. The zero-order chi connectivity index (χ0) is 22.5. The van der Waals surface area contributed by atoms with Crippen LogP contribution in [0.3, 0.4) is 0 Å². The highest BCUT2D eigenvalue weighted by Gasteiger charge is 2.22. The maximum absolute atomic E-state index is 12.4. The smallest absolute Gasteiger partial charge is 0.335 e. The molecule has 2 heterocycles. The predicted molar refractivity (Wildman–Crippen MR) is 122 cm³/mol. The minimum absolute atomic E-state index is 0.0467. The third-order valence-electron chi connectivity index (χ3n) is 5.82. The van der Waals surface area contributed by atoms with Gasteiger partial charge in [-0.15, -0.1) is 0 Å². The van der Waals surface area contributed by atoms with Gasteiger partial charge in [0.25, 0.3) is 5.56 Å². The van der Waals surface area contributed by atoms with E-state index in [1.165, 1.54) is 23.8 Å². The molecule has 0 atom stereocenters. The molecule has 166 valence electrons. The third-order valence-corrected chi connectivity index (χ3v) is 5.82. The zero-order valence-electron chi connectivity index (χ0n) is 18.0. The van der Waals surface area contributed by atoms with Gasteiger partial charge in [-0.3, -0.25) is 14.8 Å². The Labute approximate surface area is 185 Å². The number of aromatic nitrogens is 2. The van der Waals surface area contributed by atoms with Crippen LogP contribution in [0.1, 0.15) is 24.0 Å². The van der Waals surface area contributed by atoms with Crippen LogP contribution >= 0.6 is 0 Å². The second-order valence-electron chi connectivity index (χ2n) is 7.93. The van der Waals surface area contributed by atoms with Crippen LogP contribution < -0.4 is 20.9 Å². The summed E-state index contributed by atoms with van der Waals surface area (Å²) in [5, 5.41) is 10.8. The first-order valence-electron chi connectivity index (χ1n) is 10.7. The standard InChI is InChI=1S/C24H26N4O4/c1-32-21-10-6-5-9-20(21)28-23(30)19(22(29)26-24(28)31)15-25-18-11-13-27(14-12-18)16-17-7-3-2-4-8-17/h2-10,15,18,30H,11-14,16H2,1H3,(H,26,29,31)/p+1. The van der Waals surface area contributed by atoms with E-state index in [0.29, 0.717) is 11.4 Å². The van der Waals surface area contributed by atoms with Crippen LogP contribution in [0.15, 0.2) is 69.2 Å². The highest BCUT2D eigenvalue weighted by atomic mass is 16.5. The Morgan fingerprint density at radius 1 is 1.12 bits per heavy atom. The van der Waals surface area contributed by atoms with Crippen molar-refractivity contribution < 1.29 is 14.7 Å². The van der Waals surface area contributed by atoms with Gasteiger partial charge in [0.2, 0.25) is 5.88 Å². The second kappa shape index (κ2) is 9.65. The molecule has 3 N–H and O–H groups in total. The molecular formula is C24H27N4O4+. The van der Waals surface area contributed by atoms with Crippen molar-refractivity contribution in [2.45, 2.75) is 25.4 Å². The SMILES string of the molecule is COc1ccccc1-n1c(O)c(C=NC2CC[NH+](Cc3ccccc3)CC2)c(=O)[nH]c1=O. The Morgan fingerprint density at radius 2 is 1.81 bits per heavy atom. The largest absolute Gasteiger partial charge is 0.495 e.